The van der Waals surface area contributed by atoms with Crippen LogP contribution in [0.1, 0.15) is 43.7 Å². The molecule has 0 bridgehead atoms. The van der Waals surface area contributed by atoms with Gasteiger partial charge in [-0.25, -0.2) is 4.98 Å². The number of rotatable bonds is 7. The van der Waals surface area contributed by atoms with Gasteiger partial charge in [-0.2, -0.15) is 0 Å². The molecule has 0 amide bonds. The first-order chi connectivity index (χ1) is 17.0. The molecular formula is C30H33N5. The van der Waals surface area contributed by atoms with Crippen LogP contribution in [0.3, 0.4) is 0 Å². The van der Waals surface area contributed by atoms with Gasteiger partial charge in [-0.3, -0.25) is 4.98 Å². The average molecular weight is 464 g/mol. The molecule has 1 fully saturated rings. The highest BCUT2D eigenvalue weighted by Crippen LogP contribution is 2.29. The van der Waals surface area contributed by atoms with E-state index in [4.69, 9.17) is 0 Å². The SMILES string of the molecule is C=C(Nc1cc2cc(-c3cncc(NC(C)C)c3)ccc2cn1)c1cccc(C2CCNCC2)c1. The van der Waals surface area contributed by atoms with Crippen molar-refractivity contribution >= 4 is 28.0 Å². The van der Waals surface area contributed by atoms with E-state index in [2.05, 4.69) is 101 Å². The molecule has 1 aliphatic rings. The van der Waals surface area contributed by atoms with E-state index >= 15 is 0 Å². The summed E-state index contributed by atoms with van der Waals surface area (Å²) in [5.41, 5.74) is 6.60. The molecule has 5 heteroatoms. The molecule has 0 atom stereocenters. The number of hydrogen-bond donors (Lipinski definition) is 3. The Hall–Kier alpha value is -3.70. The summed E-state index contributed by atoms with van der Waals surface area (Å²) in [4.78, 5) is 9.05. The van der Waals surface area contributed by atoms with E-state index in [1.165, 1.54) is 18.4 Å². The molecule has 3 N–H and O–H groups in total. The van der Waals surface area contributed by atoms with Gasteiger partial charge in [0.05, 0.1) is 5.69 Å². The lowest BCUT2D eigenvalue weighted by Crippen LogP contribution is -2.26. The van der Waals surface area contributed by atoms with Crippen LogP contribution in [0.2, 0.25) is 0 Å². The summed E-state index contributed by atoms with van der Waals surface area (Å²) in [5, 5.41) is 12.5. The monoisotopic (exact) mass is 463 g/mol. The van der Waals surface area contributed by atoms with Crippen LogP contribution in [0.5, 0.6) is 0 Å². The second-order valence-electron chi connectivity index (χ2n) is 9.65. The van der Waals surface area contributed by atoms with Crippen molar-refractivity contribution in [1.29, 1.82) is 0 Å². The quantitative estimate of drug-likeness (QED) is 0.286. The molecule has 5 nitrogen and oxygen atoms in total. The second kappa shape index (κ2) is 10.3. The first kappa shape index (κ1) is 23.1. The van der Waals surface area contributed by atoms with Crippen molar-refractivity contribution in [2.45, 2.75) is 38.6 Å². The third kappa shape index (κ3) is 5.52. The fraction of sp³-hybridized carbons (Fsp3) is 0.267. The molecule has 0 radical (unpaired) electrons. The summed E-state index contributed by atoms with van der Waals surface area (Å²) in [6.07, 6.45) is 8.05. The number of anilines is 2. The maximum atomic E-state index is 4.63. The molecule has 35 heavy (non-hydrogen) atoms. The van der Waals surface area contributed by atoms with Gasteiger partial charge in [0.1, 0.15) is 5.82 Å². The van der Waals surface area contributed by atoms with Crippen molar-refractivity contribution in [3.8, 4) is 11.1 Å². The van der Waals surface area contributed by atoms with Crippen molar-refractivity contribution in [2.24, 2.45) is 0 Å². The third-order valence-electron chi connectivity index (χ3n) is 6.57. The van der Waals surface area contributed by atoms with Gasteiger partial charge in [-0.05, 0) is 92.0 Å². The van der Waals surface area contributed by atoms with Gasteiger partial charge in [-0.1, -0.05) is 36.9 Å². The van der Waals surface area contributed by atoms with Crippen LogP contribution in [-0.2, 0) is 0 Å². The van der Waals surface area contributed by atoms with Crippen LogP contribution in [0.15, 0.2) is 79.8 Å². The summed E-state index contributed by atoms with van der Waals surface area (Å²) < 4.78 is 0. The van der Waals surface area contributed by atoms with E-state index in [9.17, 15) is 0 Å². The van der Waals surface area contributed by atoms with Gasteiger partial charge >= 0.3 is 0 Å². The van der Waals surface area contributed by atoms with Crippen molar-refractivity contribution in [2.75, 3.05) is 23.7 Å². The summed E-state index contributed by atoms with van der Waals surface area (Å²) in [7, 11) is 0. The summed E-state index contributed by atoms with van der Waals surface area (Å²) in [5.74, 6) is 1.41. The Morgan fingerprint density at radius 2 is 1.80 bits per heavy atom. The lowest BCUT2D eigenvalue weighted by molar-refractivity contribution is 0.460. The van der Waals surface area contributed by atoms with E-state index in [1.54, 1.807) is 0 Å². The van der Waals surface area contributed by atoms with Crippen LogP contribution in [-0.4, -0.2) is 29.1 Å². The molecule has 2 aromatic heterocycles. The zero-order chi connectivity index (χ0) is 24.2. The average Bonchev–Trinajstić information content (AvgIpc) is 2.88. The summed E-state index contributed by atoms with van der Waals surface area (Å²) in [6.45, 7) is 10.7. The predicted molar refractivity (Wildman–Crippen MR) is 148 cm³/mol. The smallest absolute Gasteiger partial charge is 0.130 e. The molecular weight excluding hydrogens is 430 g/mol. The molecule has 0 aliphatic carbocycles. The number of benzene rings is 2. The van der Waals surface area contributed by atoms with Gasteiger partial charge in [0.15, 0.2) is 0 Å². The van der Waals surface area contributed by atoms with Crippen molar-refractivity contribution in [3.05, 3.63) is 90.9 Å². The summed E-state index contributed by atoms with van der Waals surface area (Å²) in [6, 6.07) is 19.8. The molecule has 2 aromatic carbocycles. The predicted octanol–water partition coefficient (Wildman–Crippen LogP) is 6.67. The molecule has 3 heterocycles. The third-order valence-corrected chi connectivity index (χ3v) is 6.57. The zero-order valence-electron chi connectivity index (χ0n) is 20.5. The maximum absolute atomic E-state index is 4.63. The van der Waals surface area contributed by atoms with Gasteiger partial charge < -0.3 is 16.0 Å². The molecule has 0 saturated carbocycles. The van der Waals surface area contributed by atoms with Crippen molar-refractivity contribution in [3.63, 3.8) is 0 Å². The van der Waals surface area contributed by atoms with Crippen LogP contribution < -0.4 is 16.0 Å². The van der Waals surface area contributed by atoms with Crippen molar-refractivity contribution < 1.29 is 0 Å². The van der Waals surface area contributed by atoms with Gasteiger partial charge in [-0.15, -0.1) is 0 Å². The van der Waals surface area contributed by atoms with Gasteiger partial charge in [0.25, 0.3) is 0 Å². The lowest BCUT2D eigenvalue weighted by Gasteiger charge is -2.23. The van der Waals surface area contributed by atoms with Gasteiger partial charge in [0, 0.05) is 41.3 Å². The fourth-order valence-corrected chi connectivity index (χ4v) is 4.76. The summed E-state index contributed by atoms with van der Waals surface area (Å²) >= 11 is 0. The number of aromatic nitrogens is 2. The highest BCUT2D eigenvalue weighted by molar-refractivity contribution is 5.89. The number of fused-ring (bicyclic) bond motifs is 1. The normalized spacial score (nSPS) is 14.3. The molecule has 0 unspecified atom stereocenters. The van der Waals surface area contributed by atoms with Crippen LogP contribution in [0.4, 0.5) is 11.5 Å². The lowest BCUT2D eigenvalue weighted by atomic mass is 9.89. The van der Waals surface area contributed by atoms with Gasteiger partial charge in [0.2, 0.25) is 0 Å². The molecule has 1 aliphatic heterocycles. The molecule has 5 rings (SSSR count). The van der Waals surface area contributed by atoms with Crippen LogP contribution >= 0.6 is 0 Å². The minimum Gasteiger partial charge on any atom is -0.382 e. The first-order valence-corrected chi connectivity index (χ1v) is 12.4. The molecule has 0 spiro atoms. The fourth-order valence-electron chi connectivity index (χ4n) is 4.76. The Balaban J connectivity index is 1.36. The number of nitrogens with one attached hydrogen (secondary N) is 3. The van der Waals surface area contributed by atoms with Crippen molar-refractivity contribution in [1.82, 2.24) is 15.3 Å². The number of hydrogen-bond acceptors (Lipinski definition) is 5. The van der Waals surface area contributed by atoms with E-state index in [0.717, 1.165) is 57.8 Å². The minimum absolute atomic E-state index is 0.358. The Bertz CT molecular complexity index is 1340. The Kier molecular flexibility index (Phi) is 6.77. The minimum atomic E-state index is 0.358. The van der Waals surface area contributed by atoms with E-state index in [1.807, 2.05) is 18.6 Å². The molecule has 1 saturated heterocycles. The molecule has 4 aromatic rings. The number of pyridine rings is 2. The zero-order valence-corrected chi connectivity index (χ0v) is 20.5. The maximum Gasteiger partial charge on any atom is 0.130 e. The highest BCUT2D eigenvalue weighted by Gasteiger charge is 2.15. The topological polar surface area (TPSA) is 61.9 Å². The van der Waals surface area contributed by atoms with Crippen LogP contribution in [0.25, 0.3) is 27.6 Å². The van der Waals surface area contributed by atoms with E-state index in [0.29, 0.717) is 12.0 Å². The largest absolute Gasteiger partial charge is 0.382 e. The number of nitrogens with zero attached hydrogens (tertiary/aromatic N) is 2. The molecule has 178 valence electrons. The van der Waals surface area contributed by atoms with Crippen LogP contribution in [0, 0.1) is 0 Å². The second-order valence-corrected chi connectivity index (χ2v) is 9.65. The number of piperidine rings is 1. The van der Waals surface area contributed by atoms with E-state index in [-0.39, 0.29) is 0 Å². The highest BCUT2D eigenvalue weighted by atomic mass is 15.0. The Morgan fingerprint density at radius 1 is 0.943 bits per heavy atom. The Morgan fingerprint density at radius 3 is 2.63 bits per heavy atom. The Labute approximate surface area is 207 Å². The standard InChI is InChI=1S/C30H33N5/c1-20(2)34-29-15-28(17-32-19-29)25-7-8-26-18-33-30(16-27(26)14-25)35-21(3)23-5-4-6-24(13-23)22-9-11-31-12-10-22/h4-8,13-20,22,31,34H,3,9-12H2,1-2H3,(H,33,35). The first-order valence-electron chi connectivity index (χ1n) is 12.4. The van der Waals surface area contributed by atoms with E-state index < -0.39 is 0 Å².